The van der Waals surface area contributed by atoms with Crippen molar-refractivity contribution in [3.8, 4) is 0 Å². The minimum Gasteiger partial charge on any atom is -0.322 e. The first-order valence-electron chi connectivity index (χ1n) is 6.83. The van der Waals surface area contributed by atoms with E-state index in [0.29, 0.717) is 5.69 Å². The van der Waals surface area contributed by atoms with E-state index in [2.05, 4.69) is 41.4 Å². The molecule has 1 aromatic heterocycles. The van der Waals surface area contributed by atoms with Crippen molar-refractivity contribution in [2.75, 3.05) is 11.9 Å². The minimum absolute atomic E-state index is 0.00630. The molecule has 104 valence electrons. The van der Waals surface area contributed by atoms with Crippen LogP contribution in [0.2, 0.25) is 0 Å². The van der Waals surface area contributed by atoms with Crippen LogP contribution in [0.3, 0.4) is 0 Å². The zero-order valence-corrected chi connectivity index (χ0v) is 11.9. The van der Waals surface area contributed by atoms with Crippen LogP contribution in [-0.4, -0.2) is 28.5 Å². The zero-order chi connectivity index (χ0) is 13.9. The minimum atomic E-state index is -0.0870. The summed E-state index contributed by atoms with van der Waals surface area (Å²) in [7, 11) is 0. The van der Waals surface area contributed by atoms with Gasteiger partial charge in [0, 0.05) is 5.41 Å². The SMILES string of the molecule is CC(C)(C)c1ncc(NC(=O)C2CCCCN2)cn1. The third-order valence-electron chi connectivity index (χ3n) is 3.22. The number of nitrogens with one attached hydrogen (secondary N) is 2. The molecule has 1 unspecified atom stereocenters. The molecule has 1 aliphatic heterocycles. The average molecular weight is 262 g/mol. The molecule has 19 heavy (non-hydrogen) atoms. The number of hydrogen-bond acceptors (Lipinski definition) is 4. The van der Waals surface area contributed by atoms with Gasteiger partial charge in [-0.3, -0.25) is 4.79 Å². The zero-order valence-electron chi connectivity index (χ0n) is 11.9. The van der Waals surface area contributed by atoms with Crippen LogP contribution in [0.1, 0.15) is 45.9 Å². The Labute approximate surface area is 114 Å². The molecule has 2 heterocycles. The molecule has 1 atom stereocenters. The average Bonchev–Trinajstić information content (AvgIpc) is 2.39. The fourth-order valence-electron chi connectivity index (χ4n) is 2.08. The highest BCUT2D eigenvalue weighted by atomic mass is 16.2. The number of nitrogens with zero attached hydrogens (tertiary/aromatic N) is 2. The number of aromatic nitrogens is 2. The molecule has 0 aliphatic carbocycles. The molecule has 0 bridgehead atoms. The lowest BCUT2D eigenvalue weighted by atomic mass is 9.96. The van der Waals surface area contributed by atoms with Crippen LogP contribution < -0.4 is 10.6 Å². The fourth-order valence-corrected chi connectivity index (χ4v) is 2.08. The summed E-state index contributed by atoms with van der Waals surface area (Å²) in [5, 5.41) is 6.09. The lowest BCUT2D eigenvalue weighted by Crippen LogP contribution is -2.43. The van der Waals surface area contributed by atoms with Gasteiger partial charge in [-0.25, -0.2) is 9.97 Å². The molecule has 0 spiro atoms. The monoisotopic (exact) mass is 262 g/mol. The normalized spacial score (nSPS) is 20.1. The van der Waals surface area contributed by atoms with Crippen LogP contribution >= 0.6 is 0 Å². The van der Waals surface area contributed by atoms with Gasteiger partial charge in [-0.2, -0.15) is 0 Å². The van der Waals surface area contributed by atoms with Crippen molar-refractivity contribution in [1.82, 2.24) is 15.3 Å². The van der Waals surface area contributed by atoms with E-state index in [1.165, 1.54) is 0 Å². The van der Waals surface area contributed by atoms with Gasteiger partial charge in [-0.1, -0.05) is 27.2 Å². The Morgan fingerprint density at radius 2 is 2.00 bits per heavy atom. The Hall–Kier alpha value is -1.49. The van der Waals surface area contributed by atoms with Crippen molar-refractivity contribution in [3.63, 3.8) is 0 Å². The third kappa shape index (κ3) is 3.73. The predicted molar refractivity (Wildman–Crippen MR) is 75.0 cm³/mol. The summed E-state index contributed by atoms with van der Waals surface area (Å²) in [6.07, 6.45) is 6.49. The molecule has 1 fully saturated rings. The Morgan fingerprint density at radius 1 is 1.32 bits per heavy atom. The van der Waals surface area contributed by atoms with E-state index in [0.717, 1.165) is 31.6 Å². The molecule has 0 aromatic carbocycles. The summed E-state index contributed by atoms with van der Waals surface area (Å²) in [5.74, 6) is 0.785. The molecular weight excluding hydrogens is 240 g/mol. The molecule has 0 saturated carbocycles. The summed E-state index contributed by atoms with van der Waals surface area (Å²) in [5.41, 5.74) is 0.582. The van der Waals surface area contributed by atoms with Gasteiger partial charge in [-0.05, 0) is 19.4 Å². The topological polar surface area (TPSA) is 66.9 Å². The lowest BCUT2D eigenvalue weighted by Gasteiger charge is -2.22. The van der Waals surface area contributed by atoms with E-state index >= 15 is 0 Å². The molecule has 2 rings (SSSR count). The first kappa shape index (κ1) is 13.9. The maximum atomic E-state index is 12.0. The highest BCUT2D eigenvalue weighted by Crippen LogP contribution is 2.18. The van der Waals surface area contributed by atoms with Crippen molar-refractivity contribution in [2.45, 2.75) is 51.5 Å². The molecule has 0 radical (unpaired) electrons. The predicted octanol–water partition coefficient (Wildman–Crippen LogP) is 1.85. The first-order chi connectivity index (χ1) is 8.97. The van der Waals surface area contributed by atoms with E-state index in [1.807, 2.05) is 0 Å². The molecule has 5 heteroatoms. The maximum Gasteiger partial charge on any atom is 0.241 e. The van der Waals surface area contributed by atoms with Gasteiger partial charge in [0.05, 0.1) is 24.1 Å². The van der Waals surface area contributed by atoms with Crippen molar-refractivity contribution in [1.29, 1.82) is 0 Å². The van der Waals surface area contributed by atoms with Crippen LogP contribution in [0.4, 0.5) is 5.69 Å². The summed E-state index contributed by atoms with van der Waals surface area (Å²) in [4.78, 5) is 20.6. The summed E-state index contributed by atoms with van der Waals surface area (Å²) < 4.78 is 0. The molecule has 1 aliphatic rings. The number of rotatable bonds is 2. The van der Waals surface area contributed by atoms with Crippen molar-refractivity contribution in [2.24, 2.45) is 0 Å². The maximum absolute atomic E-state index is 12.0. The Bertz CT molecular complexity index is 430. The van der Waals surface area contributed by atoms with Crippen LogP contribution in [0.5, 0.6) is 0 Å². The van der Waals surface area contributed by atoms with E-state index < -0.39 is 0 Å². The third-order valence-corrected chi connectivity index (χ3v) is 3.22. The number of anilines is 1. The molecular formula is C14H22N4O. The van der Waals surface area contributed by atoms with Gasteiger partial charge in [-0.15, -0.1) is 0 Å². The number of carbonyl (C=O) groups is 1. The first-order valence-corrected chi connectivity index (χ1v) is 6.83. The second-order valence-corrected chi connectivity index (χ2v) is 6.04. The molecule has 5 nitrogen and oxygen atoms in total. The second kappa shape index (κ2) is 5.65. The largest absolute Gasteiger partial charge is 0.322 e. The fraction of sp³-hybridized carbons (Fsp3) is 0.643. The van der Waals surface area contributed by atoms with Crippen molar-refractivity contribution in [3.05, 3.63) is 18.2 Å². The lowest BCUT2D eigenvalue weighted by molar-refractivity contribution is -0.118. The summed E-state index contributed by atoms with van der Waals surface area (Å²) in [6.45, 7) is 7.10. The van der Waals surface area contributed by atoms with Gasteiger partial charge in [0.2, 0.25) is 5.91 Å². The van der Waals surface area contributed by atoms with Crippen LogP contribution in [-0.2, 0) is 10.2 Å². The van der Waals surface area contributed by atoms with Gasteiger partial charge < -0.3 is 10.6 Å². The van der Waals surface area contributed by atoms with E-state index in [4.69, 9.17) is 0 Å². The van der Waals surface area contributed by atoms with E-state index in [1.54, 1.807) is 12.4 Å². The van der Waals surface area contributed by atoms with Gasteiger partial charge in [0.15, 0.2) is 0 Å². The van der Waals surface area contributed by atoms with Gasteiger partial charge >= 0.3 is 0 Å². The number of hydrogen-bond donors (Lipinski definition) is 2. The summed E-state index contributed by atoms with van der Waals surface area (Å²) in [6, 6.07) is -0.0870. The molecule has 1 aromatic rings. The smallest absolute Gasteiger partial charge is 0.241 e. The van der Waals surface area contributed by atoms with Crippen LogP contribution in [0.15, 0.2) is 12.4 Å². The van der Waals surface area contributed by atoms with Crippen molar-refractivity contribution >= 4 is 11.6 Å². The van der Waals surface area contributed by atoms with E-state index in [-0.39, 0.29) is 17.4 Å². The Morgan fingerprint density at radius 3 is 2.53 bits per heavy atom. The van der Waals surface area contributed by atoms with Crippen molar-refractivity contribution < 1.29 is 4.79 Å². The molecule has 1 amide bonds. The van der Waals surface area contributed by atoms with Gasteiger partial charge in [0.1, 0.15) is 5.82 Å². The standard InChI is InChI=1S/C14H22N4O/c1-14(2,3)13-16-8-10(9-17-13)18-12(19)11-6-4-5-7-15-11/h8-9,11,15H,4-7H2,1-3H3,(H,18,19). The van der Waals surface area contributed by atoms with Gasteiger partial charge in [0.25, 0.3) is 0 Å². The molecule has 2 N–H and O–H groups in total. The number of piperidine rings is 1. The van der Waals surface area contributed by atoms with Crippen LogP contribution in [0.25, 0.3) is 0 Å². The Kier molecular flexibility index (Phi) is 4.14. The van der Waals surface area contributed by atoms with E-state index in [9.17, 15) is 4.79 Å². The highest BCUT2D eigenvalue weighted by molar-refractivity contribution is 5.94. The summed E-state index contributed by atoms with van der Waals surface area (Å²) >= 11 is 0. The Balaban J connectivity index is 1.97. The quantitative estimate of drug-likeness (QED) is 0.853. The molecule has 1 saturated heterocycles. The second-order valence-electron chi connectivity index (χ2n) is 6.04. The number of carbonyl (C=O) groups excluding carboxylic acids is 1. The highest BCUT2D eigenvalue weighted by Gasteiger charge is 2.21. The number of amides is 1. The van der Waals surface area contributed by atoms with Crippen LogP contribution in [0, 0.1) is 0 Å².